The van der Waals surface area contributed by atoms with Crippen LogP contribution in [0, 0.1) is 0 Å². The molecule has 0 unspecified atom stereocenters. The first kappa shape index (κ1) is 27.8. The second-order valence-corrected chi connectivity index (χ2v) is 11.9. The normalized spacial score (nSPS) is 17.6. The summed E-state index contributed by atoms with van der Waals surface area (Å²) in [7, 11) is 1.66. The van der Waals surface area contributed by atoms with Crippen molar-refractivity contribution >= 4 is 32.4 Å². The van der Waals surface area contributed by atoms with Crippen LogP contribution in [0.3, 0.4) is 0 Å². The number of anilines is 2. The Balaban J connectivity index is 1.41. The summed E-state index contributed by atoms with van der Waals surface area (Å²) in [5.74, 6) is 1.38. The third-order valence-corrected chi connectivity index (χ3v) is 8.79. The van der Waals surface area contributed by atoms with E-state index < -0.39 is 15.3 Å². The molecule has 0 atom stereocenters. The van der Waals surface area contributed by atoms with Crippen LogP contribution < -0.4 is 24.8 Å². The van der Waals surface area contributed by atoms with E-state index in [-0.39, 0.29) is 6.04 Å². The summed E-state index contributed by atoms with van der Waals surface area (Å²) in [5.41, 5.74) is 5.08. The molecule has 12 heteroatoms. The highest BCUT2D eigenvalue weighted by atomic mass is 32.2. The highest BCUT2D eigenvalue weighted by Crippen LogP contribution is 2.34. The predicted molar refractivity (Wildman–Crippen MR) is 155 cm³/mol. The number of aromatic nitrogens is 4. The van der Waals surface area contributed by atoms with E-state index in [0.29, 0.717) is 37.4 Å². The summed E-state index contributed by atoms with van der Waals surface area (Å²) in [6.07, 6.45) is 8.16. The van der Waals surface area contributed by atoms with Crippen molar-refractivity contribution in [1.29, 1.82) is 0 Å². The van der Waals surface area contributed by atoms with E-state index in [2.05, 4.69) is 20.3 Å². The van der Waals surface area contributed by atoms with Gasteiger partial charge in [-0.05, 0) is 43.9 Å². The second-order valence-electron chi connectivity index (χ2n) is 10.1. The summed E-state index contributed by atoms with van der Waals surface area (Å²) >= 11 is 0. The van der Waals surface area contributed by atoms with Gasteiger partial charge in [-0.3, -0.25) is 9.67 Å². The molecular weight excluding hydrogens is 530 g/mol. The third kappa shape index (κ3) is 6.35. The van der Waals surface area contributed by atoms with Crippen molar-refractivity contribution in [2.24, 2.45) is 12.2 Å². The van der Waals surface area contributed by atoms with E-state index in [9.17, 15) is 8.42 Å². The fraction of sp³-hybridized carbons (Fsp3) is 0.393. The van der Waals surface area contributed by atoms with Crippen molar-refractivity contribution in [3.05, 3.63) is 55.0 Å². The first-order valence-corrected chi connectivity index (χ1v) is 14.9. The van der Waals surface area contributed by atoms with Crippen LogP contribution in [0.5, 0.6) is 11.5 Å². The van der Waals surface area contributed by atoms with Crippen LogP contribution in [0.25, 0.3) is 22.3 Å². The highest BCUT2D eigenvalue weighted by Gasteiger charge is 2.28. The van der Waals surface area contributed by atoms with Crippen molar-refractivity contribution in [2.75, 3.05) is 32.2 Å². The molecule has 3 N–H and O–H groups in total. The number of nitrogens with one attached hydrogen (secondary N) is 1. The number of aryl methyl sites for hydroxylation is 1. The second kappa shape index (κ2) is 11.8. The zero-order valence-corrected chi connectivity index (χ0v) is 23.8. The molecule has 5 rings (SSSR count). The number of hydrogen-bond donors (Lipinski definition) is 2. The van der Waals surface area contributed by atoms with Crippen LogP contribution in [-0.2, 0) is 17.1 Å². The van der Waals surface area contributed by atoms with E-state index in [1.807, 2.05) is 49.6 Å². The fourth-order valence-electron chi connectivity index (χ4n) is 5.19. The predicted octanol–water partition coefficient (Wildman–Crippen LogP) is 3.37. The lowest BCUT2D eigenvalue weighted by atomic mass is 9.95. The number of fused-ring (bicyclic) bond motifs is 1. The van der Waals surface area contributed by atoms with Gasteiger partial charge in [-0.2, -0.15) is 5.10 Å². The van der Waals surface area contributed by atoms with Gasteiger partial charge in [0.05, 0.1) is 48.6 Å². The van der Waals surface area contributed by atoms with Crippen LogP contribution >= 0.6 is 0 Å². The van der Waals surface area contributed by atoms with Gasteiger partial charge < -0.3 is 19.7 Å². The van der Waals surface area contributed by atoms with E-state index >= 15 is 0 Å². The van der Waals surface area contributed by atoms with Crippen LogP contribution in [0.1, 0.15) is 25.7 Å². The van der Waals surface area contributed by atoms with Crippen molar-refractivity contribution in [1.82, 2.24) is 25.1 Å². The summed E-state index contributed by atoms with van der Waals surface area (Å²) < 4.78 is 36.3. The van der Waals surface area contributed by atoms with E-state index in [1.165, 1.54) is 0 Å². The minimum absolute atomic E-state index is 0.240. The molecule has 0 bridgehead atoms. The van der Waals surface area contributed by atoms with E-state index in [4.69, 9.17) is 19.6 Å². The number of rotatable bonds is 10. The monoisotopic (exact) mass is 565 g/mol. The van der Waals surface area contributed by atoms with Crippen molar-refractivity contribution in [3.63, 3.8) is 0 Å². The molecule has 1 saturated carbocycles. The van der Waals surface area contributed by atoms with Crippen LogP contribution in [0.15, 0.2) is 55.0 Å². The first-order chi connectivity index (χ1) is 19.2. The summed E-state index contributed by atoms with van der Waals surface area (Å²) in [6.45, 7) is 1.33. The van der Waals surface area contributed by atoms with Crippen molar-refractivity contribution < 1.29 is 17.9 Å². The summed E-state index contributed by atoms with van der Waals surface area (Å²) in [4.78, 5) is 11.7. The van der Waals surface area contributed by atoms with Gasteiger partial charge in [-0.25, -0.2) is 18.5 Å². The van der Waals surface area contributed by atoms with Gasteiger partial charge in [0.25, 0.3) is 0 Å². The Labute approximate surface area is 234 Å². The number of nitrogens with two attached hydrogens (primary N) is 1. The van der Waals surface area contributed by atoms with Crippen LogP contribution in [0.4, 0.5) is 11.4 Å². The van der Waals surface area contributed by atoms with Gasteiger partial charge in [0, 0.05) is 67.5 Å². The minimum Gasteiger partial charge on any atom is -0.497 e. The number of sulfonamides is 1. The topological polar surface area (TPSA) is 137 Å². The fourth-order valence-corrected chi connectivity index (χ4v) is 6.12. The molecule has 212 valence electrons. The van der Waals surface area contributed by atoms with Crippen LogP contribution in [0.2, 0.25) is 0 Å². The van der Waals surface area contributed by atoms with Crippen molar-refractivity contribution in [3.8, 4) is 22.8 Å². The van der Waals surface area contributed by atoms with Gasteiger partial charge in [0.2, 0.25) is 10.0 Å². The number of primary sulfonamides is 1. The van der Waals surface area contributed by atoms with E-state index in [1.54, 1.807) is 31.3 Å². The molecule has 4 aromatic rings. The molecule has 2 aromatic carbocycles. The summed E-state index contributed by atoms with van der Waals surface area (Å²) in [6, 6.07) is 12.1. The molecule has 11 nitrogen and oxygen atoms in total. The number of methoxy groups -OCH3 is 2. The van der Waals surface area contributed by atoms with Gasteiger partial charge in [-0.1, -0.05) is 0 Å². The maximum absolute atomic E-state index is 11.7. The largest absolute Gasteiger partial charge is 0.497 e. The lowest BCUT2D eigenvalue weighted by molar-refractivity contribution is 0.375. The Bertz CT molecular complexity index is 1560. The standard InChI is InChI=1S/C28H35N7O4S/c1-34-18-19(16-32-34)28-17-31-26-9-6-21(14-27(26)33-28)35(22-12-23(38-2)15-24(13-22)39-3)11-10-30-20-4-7-25(8-5-20)40(29,36)37/h6,9,12-18,20,25,30H,4-5,7-8,10-11H2,1-3H3,(H2,29,36,37). The zero-order chi connectivity index (χ0) is 28.3. The Hall–Kier alpha value is -3.74. The molecular formula is C28H35N7O4S. The average molecular weight is 566 g/mol. The molecule has 0 amide bonds. The third-order valence-electron chi connectivity index (χ3n) is 7.39. The Morgan fingerprint density at radius 1 is 1.00 bits per heavy atom. The Morgan fingerprint density at radius 2 is 1.73 bits per heavy atom. The molecule has 0 spiro atoms. The number of hydrogen-bond acceptors (Lipinski definition) is 9. The maximum atomic E-state index is 11.7. The van der Waals surface area contributed by atoms with Gasteiger partial charge in [0.1, 0.15) is 11.5 Å². The molecule has 1 fully saturated rings. The molecule has 0 saturated heterocycles. The minimum atomic E-state index is -3.48. The average Bonchev–Trinajstić information content (AvgIpc) is 3.40. The van der Waals surface area contributed by atoms with E-state index in [0.717, 1.165) is 46.5 Å². The molecule has 1 aliphatic carbocycles. The molecule has 2 aromatic heterocycles. The number of nitrogens with zero attached hydrogens (tertiary/aromatic N) is 5. The number of ether oxygens (including phenoxy) is 2. The van der Waals surface area contributed by atoms with Gasteiger partial charge >= 0.3 is 0 Å². The quantitative estimate of drug-likeness (QED) is 0.296. The Kier molecular flexibility index (Phi) is 8.19. The lowest BCUT2D eigenvalue weighted by Crippen LogP contribution is -2.41. The van der Waals surface area contributed by atoms with Crippen LogP contribution in [-0.4, -0.2) is 66.8 Å². The zero-order valence-electron chi connectivity index (χ0n) is 22.9. The molecule has 40 heavy (non-hydrogen) atoms. The number of benzene rings is 2. The molecule has 0 aliphatic heterocycles. The lowest BCUT2D eigenvalue weighted by Gasteiger charge is -2.30. The maximum Gasteiger partial charge on any atom is 0.211 e. The molecule has 0 radical (unpaired) electrons. The van der Waals surface area contributed by atoms with Gasteiger partial charge in [0.15, 0.2) is 0 Å². The first-order valence-electron chi connectivity index (χ1n) is 13.2. The van der Waals surface area contributed by atoms with Crippen molar-refractivity contribution in [2.45, 2.75) is 37.0 Å². The highest BCUT2D eigenvalue weighted by molar-refractivity contribution is 7.89. The Morgan fingerprint density at radius 3 is 2.35 bits per heavy atom. The SMILES string of the molecule is COc1cc(OC)cc(N(CCNC2CCC(S(N)(=O)=O)CC2)c2ccc3ncc(-c4cnn(C)c4)nc3c2)c1. The summed E-state index contributed by atoms with van der Waals surface area (Å²) in [5, 5.41) is 12.8. The molecule has 2 heterocycles. The van der Waals surface area contributed by atoms with Gasteiger partial charge in [-0.15, -0.1) is 0 Å². The smallest absolute Gasteiger partial charge is 0.211 e. The molecule has 1 aliphatic rings.